The van der Waals surface area contributed by atoms with Crippen LogP contribution in [0.1, 0.15) is 58.3 Å². The Bertz CT molecular complexity index is 172. The topological polar surface area (TPSA) is 29.3 Å². The maximum atomic E-state index is 6.06. The first kappa shape index (κ1) is 14.0. The maximum Gasteiger partial charge on any atom is 0.00470 e. The lowest BCUT2D eigenvalue weighted by Gasteiger charge is -2.35. The van der Waals surface area contributed by atoms with Gasteiger partial charge in [-0.25, -0.2) is 0 Å². The van der Waals surface area contributed by atoms with Crippen LogP contribution in [0.4, 0.5) is 0 Å². The van der Waals surface area contributed by atoms with E-state index in [2.05, 4.69) is 18.9 Å². The predicted molar refractivity (Wildman–Crippen MR) is 71.6 cm³/mol. The quantitative estimate of drug-likeness (QED) is 0.705. The van der Waals surface area contributed by atoms with Gasteiger partial charge in [0.05, 0.1) is 0 Å². The number of nitrogens with zero attached hydrogens (tertiary/aromatic N) is 1. The zero-order valence-corrected chi connectivity index (χ0v) is 11.3. The van der Waals surface area contributed by atoms with Gasteiger partial charge in [-0.15, -0.1) is 0 Å². The summed E-state index contributed by atoms with van der Waals surface area (Å²) in [4.78, 5) is 2.50. The van der Waals surface area contributed by atoms with Crippen molar-refractivity contribution in [1.82, 2.24) is 4.90 Å². The number of rotatable bonds is 6. The fourth-order valence-corrected chi connectivity index (χ4v) is 2.99. The first-order valence-corrected chi connectivity index (χ1v) is 7.11. The van der Waals surface area contributed by atoms with Crippen molar-refractivity contribution in [1.29, 1.82) is 0 Å². The Kier molecular flexibility index (Phi) is 6.37. The predicted octanol–water partition coefficient (Wildman–Crippen LogP) is 3.02. The highest BCUT2D eigenvalue weighted by molar-refractivity contribution is 4.85. The molecule has 0 unspecified atom stereocenters. The molecule has 96 valence electrons. The minimum Gasteiger partial charge on any atom is -0.330 e. The molecule has 0 aromatic rings. The Labute approximate surface area is 102 Å². The van der Waals surface area contributed by atoms with Gasteiger partial charge in [-0.3, -0.25) is 0 Å². The van der Waals surface area contributed by atoms with Crippen molar-refractivity contribution in [2.75, 3.05) is 26.7 Å². The normalized spacial score (nSPS) is 21.0. The van der Waals surface area contributed by atoms with Gasteiger partial charge < -0.3 is 10.6 Å². The number of nitrogens with two attached hydrogens (primary N) is 1. The molecule has 2 heteroatoms. The second kappa shape index (κ2) is 7.29. The third-order valence-electron chi connectivity index (χ3n) is 4.10. The van der Waals surface area contributed by atoms with Gasteiger partial charge in [0.15, 0.2) is 0 Å². The molecule has 0 saturated heterocycles. The van der Waals surface area contributed by atoms with Crippen LogP contribution in [-0.2, 0) is 0 Å². The van der Waals surface area contributed by atoms with Crippen molar-refractivity contribution in [2.45, 2.75) is 58.3 Å². The summed E-state index contributed by atoms with van der Waals surface area (Å²) in [5, 5.41) is 0. The largest absolute Gasteiger partial charge is 0.330 e. The summed E-state index contributed by atoms with van der Waals surface area (Å²) in [5.74, 6) is 0. The van der Waals surface area contributed by atoms with Crippen LogP contribution < -0.4 is 5.73 Å². The molecular formula is C14H30N2. The van der Waals surface area contributed by atoms with Crippen LogP contribution in [0.5, 0.6) is 0 Å². The van der Waals surface area contributed by atoms with Gasteiger partial charge in [-0.1, -0.05) is 39.0 Å². The molecule has 0 aromatic heterocycles. The fraction of sp³-hybridized carbons (Fsp3) is 1.00. The molecule has 2 N–H and O–H groups in total. The SMILES string of the molecule is CCCCN(C)CC1(CN)CCCCCC1. The molecule has 2 nitrogen and oxygen atoms in total. The first-order valence-electron chi connectivity index (χ1n) is 7.11. The van der Waals surface area contributed by atoms with E-state index in [1.165, 1.54) is 64.5 Å². The average Bonchev–Trinajstić information content (AvgIpc) is 2.52. The van der Waals surface area contributed by atoms with E-state index in [4.69, 9.17) is 5.73 Å². The standard InChI is InChI=1S/C14H30N2/c1-3-4-11-16(2)13-14(12-15)9-7-5-6-8-10-14/h3-13,15H2,1-2H3. The Balaban J connectivity index is 2.43. The first-order chi connectivity index (χ1) is 7.72. The molecule has 0 atom stereocenters. The molecule has 0 heterocycles. The third kappa shape index (κ3) is 4.42. The Hall–Kier alpha value is -0.0800. The van der Waals surface area contributed by atoms with E-state index in [1.807, 2.05) is 0 Å². The van der Waals surface area contributed by atoms with Crippen molar-refractivity contribution in [3.05, 3.63) is 0 Å². The Morgan fingerprint density at radius 1 is 1.12 bits per heavy atom. The average molecular weight is 226 g/mol. The van der Waals surface area contributed by atoms with Gasteiger partial charge in [0.2, 0.25) is 0 Å². The molecule has 1 aliphatic rings. The van der Waals surface area contributed by atoms with Crippen LogP contribution in [0, 0.1) is 5.41 Å². The van der Waals surface area contributed by atoms with E-state index in [1.54, 1.807) is 0 Å². The summed E-state index contributed by atoms with van der Waals surface area (Å²) in [5.41, 5.74) is 6.49. The Morgan fingerprint density at radius 3 is 2.25 bits per heavy atom. The maximum absolute atomic E-state index is 6.06. The zero-order chi connectivity index (χ0) is 11.9. The van der Waals surface area contributed by atoms with Gasteiger partial charge in [0.1, 0.15) is 0 Å². The van der Waals surface area contributed by atoms with Gasteiger partial charge in [-0.05, 0) is 44.8 Å². The van der Waals surface area contributed by atoms with E-state index in [0.717, 1.165) is 6.54 Å². The molecule has 1 rings (SSSR count). The number of hydrogen-bond donors (Lipinski definition) is 1. The van der Waals surface area contributed by atoms with E-state index < -0.39 is 0 Å². The Morgan fingerprint density at radius 2 is 1.75 bits per heavy atom. The van der Waals surface area contributed by atoms with E-state index in [9.17, 15) is 0 Å². The molecule has 16 heavy (non-hydrogen) atoms. The molecular weight excluding hydrogens is 196 g/mol. The van der Waals surface area contributed by atoms with Gasteiger partial charge in [0.25, 0.3) is 0 Å². The smallest absolute Gasteiger partial charge is 0.00470 e. The second-order valence-corrected chi connectivity index (χ2v) is 5.71. The van der Waals surface area contributed by atoms with Crippen molar-refractivity contribution in [3.63, 3.8) is 0 Å². The highest BCUT2D eigenvalue weighted by atomic mass is 15.1. The summed E-state index contributed by atoms with van der Waals surface area (Å²) in [7, 11) is 2.26. The third-order valence-corrected chi connectivity index (χ3v) is 4.10. The molecule has 0 radical (unpaired) electrons. The molecule has 0 aromatic carbocycles. The lowest BCUT2D eigenvalue weighted by atomic mass is 9.80. The molecule has 0 spiro atoms. The van der Waals surface area contributed by atoms with Gasteiger partial charge in [0, 0.05) is 6.54 Å². The molecule has 0 amide bonds. The van der Waals surface area contributed by atoms with Crippen molar-refractivity contribution >= 4 is 0 Å². The van der Waals surface area contributed by atoms with Crippen molar-refractivity contribution in [2.24, 2.45) is 11.1 Å². The van der Waals surface area contributed by atoms with Crippen LogP contribution >= 0.6 is 0 Å². The van der Waals surface area contributed by atoms with Gasteiger partial charge >= 0.3 is 0 Å². The highest BCUT2D eigenvalue weighted by Crippen LogP contribution is 2.34. The van der Waals surface area contributed by atoms with E-state index in [0.29, 0.717) is 5.41 Å². The highest BCUT2D eigenvalue weighted by Gasteiger charge is 2.30. The minimum atomic E-state index is 0.430. The molecule has 0 aliphatic heterocycles. The van der Waals surface area contributed by atoms with Crippen LogP contribution in [0.15, 0.2) is 0 Å². The number of hydrogen-bond acceptors (Lipinski definition) is 2. The zero-order valence-electron chi connectivity index (χ0n) is 11.3. The molecule has 1 aliphatic carbocycles. The van der Waals surface area contributed by atoms with Crippen LogP contribution in [0.2, 0.25) is 0 Å². The van der Waals surface area contributed by atoms with Crippen molar-refractivity contribution < 1.29 is 0 Å². The van der Waals surface area contributed by atoms with Crippen LogP contribution in [0.25, 0.3) is 0 Å². The molecule has 1 saturated carbocycles. The van der Waals surface area contributed by atoms with E-state index >= 15 is 0 Å². The lowest BCUT2D eigenvalue weighted by Crippen LogP contribution is -2.41. The summed E-state index contributed by atoms with van der Waals surface area (Å²) >= 11 is 0. The summed E-state index contributed by atoms with van der Waals surface area (Å²) in [6, 6.07) is 0. The number of unbranched alkanes of at least 4 members (excludes halogenated alkanes) is 1. The molecule has 1 fully saturated rings. The summed E-state index contributed by atoms with van der Waals surface area (Å²) in [6.07, 6.45) is 10.9. The van der Waals surface area contributed by atoms with Crippen LogP contribution in [0.3, 0.4) is 0 Å². The van der Waals surface area contributed by atoms with Crippen LogP contribution in [-0.4, -0.2) is 31.6 Å². The van der Waals surface area contributed by atoms with Gasteiger partial charge in [-0.2, -0.15) is 0 Å². The fourth-order valence-electron chi connectivity index (χ4n) is 2.99. The lowest BCUT2D eigenvalue weighted by molar-refractivity contribution is 0.156. The monoisotopic (exact) mass is 226 g/mol. The molecule has 0 bridgehead atoms. The summed E-state index contributed by atoms with van der Waals surface area (Å²) in [6.45, 7) is 5.59. The second-order valence-electron chi connectivity index (χ2n) is 5.71. The summed E-state index contributed by atoms with van der Waals surface area (Å²) < 4.78 is 0. The van der Waals surface area contributed by atoms with Crippen molar-refractivity contribution in [3.8, 4) is 0 Å². The minimum absolute atomic E-state index is 0.430. The van der Waals surface area contributed by atoms with E-state index in [-0.39, 0.29) is 0 Å².